The number of sulfone groups is 1. The molecule has 0 N–H and O–H groups in total. The van der Waals surface area contributed by atoms with E-state index in [1.54, 1.807) is 6.20 Å². The Kier molecular flexibility index (Phi) is 5.10. The molecular formula is C14H23N3O2S. The molecule has 0 unspecified atom stereocenters. The fraction of sp³-hybridized carbons (Fsp3) is 0.714. The monoisotopic (exact) mass is 297 g/mol. The van der Waals surface area contributed by atoms with Gasteiger partial charge in [0.05, 0.1) is 11.4 Å². The Balaban J connectivity index is 1.95. The normalized spacial score (nSPS) is 21.0. The van der Waals surface area contributed by atoms with Crippen LogP contribution in [0.25, 0.3) is 0 Å². The number of hydrogen-bond donors (Lipinski definition) is 0. The molecule has 0 bridgehead atoms. The van der Waals surface area contributed by atoms with E-state index in [0.29, 0.717) is 5.75 Å². The van der Waals surface area contributed by atoms with Gasteiger partial charge in [0, 0.05) is 32.0 Å². The van der Waals surface area contributed by atoms with E-state index in [9.17, 15) is 8.42 Å². The molecule has 112 valence electrons. The van der Waals surface area contributed by atoms with Crippen LogP contribution in [0.15, 0.2) is 12.3 Å². The molecule has 5 nitrogen and oxygen atoms in total. The van der Waals surface area contributed by atoms with E-state index in [1.807, 2.05) is 13.0 Å². The first kappa shape index (κ1) is 15.4. The minimum absolute atomic E-state index is 0.256. The molecule has 1 atom stereocenters. The molecule has 6 heteroatoms. The second-order valence-electron chi connectivity index (χ2n) is 5.65. The smallest absolute Gasteiger partial charge is 0.147 e. The van der Waals surface area contributed by atoms with Crippen LogP contribution in [0, 0.1) is 5.92 Å². The molecule has 0 aliphatic carbocycles. The van der Waals surface area contributed by atoms with Crippen LogP contribution in [0.4, 0.5) is 0 Å². The number of aryl methyl sites for hydroxylation is 1. The highest BCUT2D eigenvalue weighted by atomic mass is 32.2. The van der Waals surface area contributed by atoms with Crippen molar-refractivity contribution < 1.29 is 8.42 Å². The van der Waals surface area contributed by atoms with Gasteiger partial charge in [0.1, 0.15) is 15.7 Å². The van der Waals surface area contributed by atoms with Crippen LogP contribution in [-0.4, -0.2) is 48.4 Å². The second-order valence-corrected chi connectivity index (χ2v) is 7.84. The summed E-state index contributed by atoms with van der Waals surface area (Å²) in [5.41, 5.74) is 1.02. The Bertz CT molecular complexity index is 545. The van der Waals surface area contributed by atoms with E-state index in [0.717, 1.165) is 50.4 Å². The Morgan fingerprint density at radius 3 is 2.95 bits per heavy atom. The summed E-state index contributed by atoms with van der Waals surface area (Å²) in [6.07, 6.45) is 6.03. The van der Waals surface area contributed by atoms with Crippen molar-refractivity contribution in [3.8, 4) is 0 Å². The summed E-state index contributed by atoms with van der Waals surface area (Å²) in [4.78, 5) is 11.0. The molecular weight excluding hydrogens is 274 g/mol. The van der Waals surface area contributed by atoms with Crippen LogP contribution < -0.4 is 0 Å². The molecule has 1 aromatic heterocycles. The van der Waals surface area contributed by atoms with E-state index in [-0.39, 0.29) is 5.92 Å². The highest BCUT2D eigenvalue weighted by molar-refractivity contribution is 7.90. The van der Waals surface area contributed by atoms with Gasteiger partial charge in [-0.25, -0.2) is 18.4 Å². The third-order valence-corrected chi connectivity index (χ3v) is 4.68. The van der Waals surface area contributed by atoms with Gasteiger partial charge in [-0.05, 0) is 31.4 Å². The number of rotatable bonds is 5. The number of nitrogens with zero attached hydrogens (tertiary/aromatic N) is 3. The van der Waals surface area contributed by atoms with Crippen LogP contribution in [0.2, 0.25) is 0 Å². The maximum atomic E-state index is 11.4. The molecule has 0 spiro atoms. The van der Waals surface area contributed by atoms with Gasteiger partial charge in [-0.3, -0.25) is 4.90 Å². The van der Waals surface area contributed by atoms with E-state index in [2.05, 4.69) is 14.9 Å². The lowest BCUT2D eigenvalue weighted by molar-refractivity contribution is 0.176. The zero-order valence-corrected chi connectivity index (χ0v) is 13.1. The van der Waals surface area contributed by atoms with Crippen molar-refractivity contribution in [2.45, 2.75) is 32.7 Å². The fourth-order valence-electron chi connectivity index (χ4n) is 2.79. The third kappa shape index (κ3) is 4.83. The zero-order chi connectivity index (χ0) is 14.6. The van der Waals surface area contributed by atoms with Crippen LogP contribution >= 0.6 is 0 Å². The SMILES string of the molecule is CCc1nccc(CN2CCC[C@@H](CS(C)(=O)=O)C2)n1. The third-order valence-electron chi connectivity index (χ3n) is 3.61. The lowest BCUT2D eigenvalue weighted by Crippen LogP contribution is -2.37. The Morgan fingerprint density at radius 2 is 2.25 bits per heavy atom. The summed E-state index contributed by atoms with van der Waals surface area (Å²) < 4.78 is 22.8. The first-order valence-electron chi connectivity index (χ1n) is 7.17. The Morgan fingerprint density at radius 1 is 1.45 bits per heavy atom. The summed E-state index contributed by atoms with van der Waals surface area (Å²) in [6.45, 7) is 4.70. The second kappa shape index (κ2) is 6.63. The van der Waals surface area contributed by atoms with E-state index < -0.39 is 9.84 Å². The van der Waals surface area contributed by atoms with Gasteiger partial charge in [0.15, 0.2) is 0 Å². The van der Waals surface area contributed by atoms with E-state index >= 15 is 0 Å². The minimum atomic E-state index is -2.88. The number of likely N-dealkylation sites (tertiary alicyclic amines) is 1. The summed E-state index contributed by atoms with van der Waals surface area (Å²) in [5.74, 6) is 1.42. The molecule has 0 amide bonds. The first-order chi connectivity index (χ1) is 9.46. The van der Waals surface area contributed by atoms with Crippen molar-refractivity contribution >= 4 is 9.84 Å². The molecule has 1 aromatic rings. The molecule has 1 saturated heterocycles. The zero-order valence-electron chi connectivity index (χ0n) is 12.2. The Labute approximate surface area is 121 Å². The Hall–Kier alpha value is -1.01. The fourth-order valence-corrected chi connectivity index (χ4v) is 3.92. The molecule has 2 rings (SSSR count). The van der Waals surface area contributed by atoms with Gasteiger partial charge in [0.2, 0.25) is 0 Å². The topological polar surface area (TPSA) is 63.2 Å². The van der Waals surface area contributed by atoms with Gasteiger partial charge < -0.3 is 0 Å². The largest absolute Gasteiger partial charge is 0.297 e. The van der Waals surface area contributed by atoms with Crippen LogP contribution in [0.1, 0.15) is 31.3 Å². The molecule has 1 fully saturated rings. The summed E-state index contributed by atoms with van der Waals surface area (Å²) in [6, 6.07) is 1.94. The molecule has 0 radical (unpaired) electrons. The van der Waals surface area contributed by atoms with Gasteiger partial charge in [0.25, 0.3) is 0 Å². The van der Waals surface area contributed by atoms with Crippen molar-refractivity contribution in [2.75, 3.05) is 25.1 Å². The predicted octanol–water partition coefficient (Wildman–Crippen LogP) is 1.30. The maximum absolute atomic E-state index is 11.4. The highest BCUT2D eigenvalue weighted by Gasteiger charge is 2.23. The van der Waals surface area contributed by atoms with Gasteiger partial charge in [-0.1, -0.05) is 6.92 Å². The quantitative estimate of drug-likeness (QED) is 0.819. The van der Waals surface area contributed by atoms with Crippen LogP contribution in [-0.2, 0) is 22.8 Å². The summed E-state index contributed by atoms with van der Waals surface area (Å²) >= 11 is 0. The number of hydrogen-bond acceptors (Lipinski definition) is 5. The van der Waals surface area contributed by atoms with E-state index in [1.165, 1.54) is 6.26 Å². The van der Waals surface area contributed by atoms with Gasteiger partial charge in [-0.2, -0.15) is 0 Å². The predicted molar refractivity (Wildman–Crippen MR) is 79.1 cm³/mol. The van der Waals surface area contributed by atoms with Crippen molar-refractivity contribution in [3.05, 3.63) is 23.8 Å². The minimum Gasteiger partial charge on any atom is -0.297 e. The molecule has 0 aromatic carbocycles. The average molecular weight is 297 g/mol. The highest BCUT2D eigenvalue weighted by Crippen LogP contribution is 2.19. The molecule has 1 aliphatic heterocycles. The van der Waals surface area contributed by atoms with E-state index in [4.69, 9.17) is 0 Å². The molecule has 2 heterocycles. The summed E-state index contributed by atoms with van der Waals surface area (Å²) in [7, 11) is -2.88. The van der Waals surface area contributed by atoms with Crippen molar-refractivity contribution in [3.63, 3.8) is 0 Å². The molecule has 20 heavy (non-hydrogen) atoms. The molecule has 1 aliphatic rings. The van der Waals surface area contributed by atoms with Gasteiger partial charge >= 0.3 is 0 Å². The van der Waals surface area contributed by atoms with Crippen LogP contribution in [0.5, 0.6) is 0 Å². The van der Waals surface area contributed by atoms with Crippen LogP contribution in [0.3, 0.4) is 0 Å². The lowest BCUT2D eigenvalue weighted by Gasteiger charge is -2.32. The standard InChI is InChI=1S/C14H23N3O2S/c1-3-14-15-7-6-13(16-14)10-17-8-4-5-12(9-17)11-20(2,18)19/h6-7,12H,3-5,8-11H2,1-2H3/t12-/m1/s1. The van der Waals surface area contributed by atoms with Crippen molar-refractivity contribution in [1.82, 2.24) is 14.9 Å². The average Bonchev–Trinajstić information content (AvgIpc) is 2.37. The van der Waals surface area contributed by atoms with Gasteiger partial charge in [-0.15, -0.1) is 0 Å². The van der Waals surface area contributed by atoms with Crippen molar-refractivity contribution in [1.29, 1.82) is 0 Å². The lowest BCUT2D eigenvalue weighted by atomic mass is 10.00. The molecule has 0 saturated carbocycles. The number of piperidine rings is 1. The first-order valence-corrected chi connectivity index (χ1v) is 9.23. The maximum Gasteiger partial charge on any atom is 0.147 e. The number of aromatic nitrogens is 2. The summed E-state index contributed by atoms with van der Waals surface area (Å²) in [5, 5.41) is 0. The van der Waals surface area contributed by atoms with Crippen molar-refractivity contribution in [2.24, 2.45) is 5.92 Å².